The lowest BCUT2D eigenvalue weighted by Crippen LogP contribution is -2.35. The van der Waals surface area contributed by atoms with Gasteiger partial charge in [0.2, 0.25) is 0 Å². The smallest absolute Gasteiger partial charge is 0.412 e. The summed E-state index contributed by atoms with van der Waals surface area (Å²) in [4.78, 5) is 45.3. The van der Waals surface area contributed by atoms with Gasteiger partial charge in [0.15, 0.2) is 5.78 Å². The Hall–Kier alpha value is -4.44. The van der Waals surface area contributed by atoms with Crippen LogP contribution in [0.15, 0.2) is 66.2 Å². The summed E-state index contributed by atoms with van der Waals surface area (Å²) >= 11 is 1.60. The van der Waals surface area contributed by atoms with Crippen LogP contribution in [-0.2, 0) is 15.9 Å². The van der Waals surface area contributed by atoms with E-state index in [4.69, 9.17) is 14.2 Å². The molecule has 4 aromatic rings. The van der Waals surface area contributed by atoms with Crippen LogP contribution < -0.4 is 10.1 Å². The number of Topliss-reactive ketones (excluding diaryl/α,β-unsaturated/α-hetero) is 1. The highest BCUT2D eigenvalue weighted by molar-refractivity contribution is 7.13. The highest BCUT2D eigenvalue weighted by Crippen LogP contribution is 2.30. The Bertz CT molecular complexity index is 1650. The van der Waals surface area contributed by atoms with Gasteiger partial charge in [0, 0.05) is 53.8 Å². The minimum absolute atomic E-state index is 0.0659. The molecule has 10 heteroatoms. The van der Waals surface area contributed by atoms with Gasteiger partial charge >= 0.3 is 12.2 Å². The van der Waals surface area contributed by atoms with E-state index < -0.39 is 17.3 Å². The summed E-state index contributed by atoms with van der Waals surface area (Å²) in [6.45, 7) is 11.8. The Morgan fingerprint density at radius 2 is 1.69 bits per heavy atom. The number of pyridine rings is 1. The molecule has 0 fully saturated rings. The van der Waals surface area contributed by atoms with E-state index in [-0.39, 0.29) is 18.3 Å². The molecular weight excluding hydrogens is 590 g/mol. The molecule has 0 aliphatic rings. The number of aromatic nitrogens is 1. The first kappa shape index (κ1) is 33.5. The number of nitrogens with zero attached hydrogens (tertiary/aromatic N) is 2. The Morgan fingerprint density at radius 3 is 2.38 bits per heavy atom. The second-order valence-electron chi connectivity index (χ2n) is 12.8. The molecular formula is C35H41N3O6S. The molecule has 9 nitrogen and oxygen atoms in total. The summed E-state index contributed by atoms with van der Waals surface area (Å²) in [6.07, 6.45) is 1.31. The monoisotopic (exact) mass is 631 g/mol. The summed E-state index contributed by atoms with van der Waals surface area (Å²) in [5.41, 5.74) is 2.12. The zero-order chi connectivity index (χ0) is 32.8. The van der Waals surface area contributed by atoms with Crippen molar-refractivity contribution in [3.05, 3.63) is 77.3 Å². The third-order valence-electron chi connectivity index (χ3n) is 6.49. The second-order valence-corrected chi connectivity index (χ2v) is 13.7. The first-order valence-electron chi connectivity index (χ1n) is 14.8. The molecule has 238 valence electrons. The normalized spacial score (nSPS) is 11.6. The van der Waals surface area contributed by atoms with Crippen molar-refractivity contribution >= 4 is 45.9 Å². The average molecular weight is 632 g/mol. The van der Waals surface area contributed by atoms with Crippen molar-refractivity contribution in [2.45, 2.75) is 65.6 Å². The molecule has 1 N–H and O–H groups in total. The molecule has 45 heavy (non-hydrogen) atoms. The van der Waals surface area contributed by atoms with E-state index in [1.54, 1.807) is 51.4 Å². The molecule has 0 saturated carbocycles. The minimum atomic E-state index is -0.656. The van der Waals surface area contributed by atoms with Crippen molar-refractivity contribution in [2.75, 3.05) is 25.5 Å². The van der Waals surface area contributed by atoms with E-state index in [1.807, 2.05) is 74.7 Å². The minimum Gasteiger partial charge on any atom is -0.493 e. The number of amides is 2. The number of benzene rings is 2. The summed E-state index contributed by atoms with van der Waals surface area (Å²) in [7, 11) is 1.70. The van der Waals surface area contributed by atoms with E-state index >= 15 is 0 Å². The molecule has 2 amide bonds. The fourth-order valence-corrected chi connectivity index (χ4v) is 5.14. The predicted molar refractivity (Wildman–Crippen MR) is 178 cm³/mol. The quantitative estimate of drug-likeness (QED) is 0.138. The maximum absolute atomic E-state index is 13.5. The molecule has 0 unspecified atom stereocenters. The van der Waals surface area contributed by atoms with Gasteiger partial charge in [-0.05, 0) is 101 Å². The number of nitrogens with one attached hydrogen (secondary N) is 1. The van der Waals surface area contributed by atoms with Crippen LogP contribution in [0.1, 0.15) is 63.9 Å². The summed E-state index contributed by atoms with van der Waals surface area (Å²) in [5, 5.41) is 5.61. The number of anilines is 1. The van der Waals surface area contributed by atoms with Gasteiger partial charge < -0.3 is 19.1 Å². The van der Waals surface area contributed by atoms with Crippen LogP contribution in [0.4, 0.5) is 15.3 Å². The standard InChI is InChI=1S/C35H41N3O6S/c1-34(2,3)43-32(40)37-28-14-12-24(31-10-8-17-45-31)19-25(28)20-30(39)26-18-23-11-13-27(21-29(23)36-22-26)42-16-9-15-38(7)33(41)44-35(4,5)6/h8,10-14,17-19,21-22H,9,15-16,20H2,1-7H3,(H,37,40). The molecule has 2 heterocycles. The number of hydrogen-bond donors (Lipinski definition) is 1. The average Bonchev–Trinajstić information content (AvgIpc) is 3.49. The van der Waals surface area contributed by atoms with Gasteiger partial charge in [-0.3, -0.25) is 15.1 Å². The van der Waals surface area contributed by atoms with Gasteiger partial charge in [0.25, 0.3) is 0 Å². The topological polar surface area (TPSA) is 107 Å². The Labute approximate surface area is 268 Å². The van der Waals surface area contributed by atoms with Crippen molar-refractivity contribution in [1.29, 1.82) is 0 Å². The lowest BCUT2D eigenvalue weighted by atomic mass is 9.99. The van der Waals surface area contributed by atoms with E-state index in [9.17, 15) is 14.4 Å². The van der Waals surface area contributed by atoms with Crippen molar-refractivity contribution < 1.29 is 28.6 Å². The third-order valence-corrected chi connectivity index (χ3v) is 7.41. The van der Waals surface area contributed by atoms with Crippen LogP contribution in [0.25, 0.3) is 21.3 Å². The molecule has 2 aromatic heterocycles. The third kappa shape index (κ3) is 10.0. The van der Waals surface area contributed by atoms with Gasteiger partial charge in [-0.2, -0.15) is 0 Å². The highest BCUT2D eigenvalue weighted by atomic mass is 32.1. The van der Waals surface area contributed by atoms with Crippen LogP contribution in [0.3, 0.4) is 0 Å². The number of thiophene rings is 1. The fraction of sp³-hybridized carbons (Fsp3) is 0.371. The SMILES string of the molecule is CN(CCCOc1ccc2cc(C(=O)Cc3cc(-c4cccs4)ccc3NC(=O)OC(C)(C)C)cnc2c1)C(=O)OC(C)(C)C. The largest absolute Gasteiger partial charge is 0.493 e. The maximum Gasteiger partial charge on any atom is 0.412 e. The van der Waals surface area contributed by atoms with Crippen molar-refractivity contribution in [3.63, 3.8) is 0 Å². The number of rotatable bonds is 10. The van der Waals surface area contributed by atoms with E-state index in [1.165, 1.54) is 4.90 Å². The van der Waals surface area contributed by atoms with Gasteiger partial charge in [-0.15, -0.1) is 11.3 Å². The highest BCUT2D eigenvalue weighted by Gasteiger charge is 2.20. The summed E-state index contributed by atoms with van der Waals surface area (Å²) < 4.78 is 16.7. The second kappa shape index (κ2) is 14.1. The van der Waals surface area contributed by atoms with Gasteiger partial charge in [-0.1, -0.05) is 12.1 Å². The van der Waals surface area contributed by atoms with Gasteiger partial charge in [0.1, 0.15) is 17.0 Å². The number of fused-ring (bicyclic) bond motifs is 1. The molecule has 0 spiro atoms. The van der Waals surface area contributed by atoms with Crippen LogP contribution in [0.2, 0.25) is 0 Å². The van der Waals surface area contributed by atoms with Crippen molar-refractivity contribution in [3.8, 4) is 16.2 Å². The molecule has 0 aliphatic carbocycles. The molecule has 0 bridgehead atoms. The molecule has 0 saturated heterocycles. The number of carbonyl (C=O) groups excluding carboxylic acids is 3. The van der Waals surface area contributed by atoms with Crippen LogP contribution in [-0.4, -0.2) is 59.3 Å². The molecule has 0 radical (unpaired) electrons. The van der Waals surface area contributed by atoms with Gasteiger partial charge in [0.05, 0.1) is 12.1 Å². The number of ketones is 1. The summed E-state index contributed by atoms with van der Waals surface area (Å²) in [6, 6.07) is 17.0. The van der Waals surface area contributed by atoms with Crippen LogP contribution >= 0.6 is 11.3 Å². The molecule has 4 rings (SSSR count). The Morgan fingerprint density at radius 1 is 0.933 bits per heavy atom. The number of carbonyl (C=O) groups is 3. The van der Waals surface area contributed by atoms with Crippen LogP contribution in [0.5, 0.6) is 5.75 Å². The Balaban J connectivity index is 1.42. The van der Waals surface area contributed by atoms with Crippen molar-refractivity contribution in [2.24, 2.45) is 0 Å². The zero-order valence-electron chi connectivity index (χ0n) is 26.9. The lowest BCUT2D eigenvalue weighted by molar-refractivity contribution is 0.0291. The first-order valence-corrected chi connectivity index (χ1v) is 15.7. The first-order chi connectivity index (χ1) is 21.2. The summed E-state index contributed by atoms with van der Waals surface area (Å²) in [5.74, 6) is 0.520. The number of ether oxygens (including phenoxy) is 3. The molecule has 2 aromatic carbocycles. The molecule has 0 atom stereocenters. The predicted octanol–water partition coefficient (Wildman–Crippen LogP) is 8.37. The van der Waals surface area contributed by atoms with Gasteiger partial charge in [-0.25, -0.2) is 9.59 Å². The lowest BCUT2D eigenvalue weighted by Gasteiger charge is -2.24. The molecule has 0 aliphatic heterocycles. The van der Waals surface area contributed by atoms with Crippen molar-refractivity contribution in [1.82, 2.24) is 9.88 Å². The van der Waals surface area contributed by atoms with Crippen LogP contribution in [0, 0.1) is 0 Å². The number of hydrogen-bond acceptors (Lipinski definition) is 8. The maximum atomic E-state index is 13.5. The van der Waals surface area contributed by atoms with E-state index in [0.29, 0.717) is 47.7 Å². The van der Waals surface area contributed by atoms with E-state index in [0.717, 1.165) is 15.8 Å². The zero-order valence-corrected chi connectivity index (χ0v) is 27.7. The fourth-order valence-electron chi connectivity index (χ4n) is 4.41. The van der Waals surface area contributed by atoms with E-state index in [2.05, 4.69) is 10.3 Å². The Kier molecular flexibility index (Phi) is 10.5.